The zero-order valence-electron chi connectivity index (χ0n) is 16.5. The summed E-state index contributed by atoms with van der Waals surface area (Å²) in [6.07, 6.45) is 0.541. The molecule has 160 valence electrons. The summed E-state index contributed by atoms with van der Waals surface area (Å²) >= 11 is 0. The second-order valence-corrected chi connectivity index (χ2v) is 9.42. The summed E-state index contributed by atoms with van der Waals surface area (Å²) in [4.78, 5) is 14.2. The first kappa shape index (κ1) is 20.9. The van der Waals surface area contributed by atoms with Crippen molar-refractivity contribution < 1.29 is 26.7 Å². The second kappa shape index (κ2) is 7.72. The van der Waals surface area contributed by atoms with E-state index in [4.69, 9.17) is 4.74 Å². The Kier molecular flexibility index (Phi) is 5.37. The van der Waals surface area contributed by atoms with Crippen LogP contribution in [0.2, 0.25) is 0 Å². The van der Waals surface area contributed by atoms with Crippen molar-refractivity contribution in [3.05, 3.63) is 65.2 Å². The van der Waals surface area contributed by atoms with Crippen LogP contribution in [0.15, 0.2) is 47.4 Å². The van der Waals surface area contributed by atoms with Gasteiger partial charge in [-0.3, -0.25) is 4.79 Å². The Morgan fingerprint density at radius 1 is 1.03 bits per heavy atom. The Morgan fingerprint density at radius 3 is 2.40 bits per heavy atom. The summed E-state index contributed by atoms with van der Waals surface area (Å²) in [5.74, 6) is -1.48. The van der Waals surface area contributed by atoms with Crippen LogP contribution in [0.3, 0.4) is 0 Å². The summed E-state index contributed by atoms with van der Waals surface area (Å²) in [5.41, 5.74) is -0.824. The number of hydrogen-bond acceptors (Lipinski definition) is 4. The molecular weight excluding hydrogens is 414 g/mol. The lowest BCUT2D eigenvalue weighted by Crippen LogP contribution is -2.55. The predicted molar refractivity (Wildman–Crippen MR) is 105 cm³/mol. The van der Waals surface area contributed by atoms with Crippen LogP contribution in [0.5, 0.6) is 0 Å². The minimum Gasteiger partial charge on any atom is -0.358 e. The van der Waals surface area contributed by atoms with Gasteiger partial charge in [0.25, 0.3) is 5.91 Å². The van der Waals surface area contributed by atoms with Crippen molar-refractivity contribution >= 4 is 15.9 Å². The monoisotopic (exact) mass is 436 g/mol. The average molecular weight is 436 g/mol. The van der Waals surface area contributed by atoms with Gasteiger partial charge >= 0.3 is 0 Å². The Hall–Kier alpha value is -2.36. The molecule has 1 amide bonds. The molecule has 30 heavy (non-hydrogen) atoms. The van der Waals surface area contributed by atoms with E-state index in [1.165, 1.54) is 46.5 Å². The predicted octanol–water partition coefficient (Wildman–Crippen LogP) is 2.93. The van der Waals surface area contributed by atoms with E-state index < -0.39 is 33.3 Å². The number of ether oxygens (including phenoxy) is 1. The molecule has 0 aliphatic carbocycles. The molecule has 2 heterocycles. The van der Waals surface area contributed by atoms with E-state index in [0.717, 1.165) is 6.07 Å². The van der Waals surface area contributed by atoms with Gasteiger partial charge < -0.3 is 9.64 Å². The number of sulfonamides is 1. The van der Waals surface area contributed by atoms with Gasteiger partial charge in [-0.2, -0.15) is 4.31 Å². The molecule has 2 aliphatic heterocycles. The molecule has 6 nitrogen and oxygen atoms in total. The summed E-state index contributed by atoms with van der Waals surface area (Å²) in [6.45, 7) is 2.40. The number of benzene rings is 2. The van der Waals surface area contributed by atoms with E-state index in [2.05, 4.69) is 0 Å². The van der Waals surface area contributed by atoms with Gasteiger partial charge in [0.15, 0.2) is 0 Å². The highest BCUT2D eigenvalue weighted by molar-refractivity contribution is 7.89. The molecule has 0 atom stereocenters. The third kappa shape index (κ3) is 3.51. The molecule has 0 unspecified atom stereocenters. The number of likely N-dealkylation sites (tertiary alicyclic amines) is 1. The molecule has 2 saturated heterocycles. The Labute approximate surface area is 174 Å². The minimum absolute atomic E-state index is 0.00736. The lowest BCUT2D eigenvalue weighted by molar-refractivity contribution is -0.0857. The number of aryl methyl sites for hydroxylation is 1. The van der Waals surface area contributed by atoms with Crippen LogP contribution < -0.4 is 0 Å². The minimum atomic E-state index is -3.90. The van der Waals surface area contributed by atoms with Crippen molar-refractivity contribution in [2.45, 2.75) is 30.4 Å². The van der Waals surface area contributed by atoms with E-state index in [1.54, 1.807) is 6.07 Å². The van der Waals surface area contributed by atoms with E-state index in [0.29, 0.717) is 0 Å². The Balaban J connectivity index is 1.55. The number of hydrogen-bond donors (Lipinski definition) is 0. The third-order valence-corrected chi connectivity index (χ3v) is 7.72. The molecule has 2 aliphatic rings. The van der Waals surface area contributed by atoms with Crippen molar-refractivity contribution in [2.75, 3.05) is 26.2 Å². The standard InChI is InChI=1S/C21H22F2N2O4S/c1-15-14-16(6-7-18(15)22)30(27,28)25-12-13-29-21(25)8-10-24(11-9-21)20(26)17-4-2-3-5-19(17)23/h2-7,14H,8-13H2,1H3. The highest BCUT2D eigenvalue weighted by atomic mass is 32.2. The number of amides is 1. The first-order valence-electron chi connectivity index (χ1n) is 9.71. The fraction of sp³-hybridized carbons (Fsp3) is 0.381. The van der Waals surface area contributed by atoms with Crippen LogP contribution in [0.1, 0.15) is 28.8 Å². The van der Waals surface area contributed by atoms with Crippen molar-refractivity contribution in [2.24, 2.45) is 0 Å². The molecule has 1 spiro atoms. The van der Waals surface area contributed by atoms with Gasteiger partial charge in [-0.15, -0.1) is 0 Å². The quantitative estimate of drug-likeness (QED) is 0.742. The molecule has 4 rings (SSSR count). The number of halogens is 2. The van der Waals surface area contributed by atoms with Crippen LogP contribution >= 0.6 is 0 Å². The molecule has 0 radical (unpaired) electrons. The lowest BCUT2D eigenvalue weighted by Gasteiger charge is -2.42. The SMILES string of the molecule is Cc1cc(S(=O)(=O)N2CCOC23CCN(C(=O)c2ccccc2F)CC3)ccc1F. The molecule has 0 saturated carbocycles. The molecule has 9 heteroatoms. The molecule has 2 fully saturated rings. The van der Waals surface area contributed by atoms with Gasteiger partial charge in [-0.1, -0.05) is 12.1 Å². The summed E-state index contributed by atoms with van der Waals surface area (Å²) < 4.78 is 61.3. The topological polar surface area (TPSA) is 66.9 Å². The molecular formula is C21H22F2N2O4S. The molecule has 0 N–H and O–H groups in total. The van der Waals surface area contributed by atoms with Crippen LogP contribution in [0.4, 0.5) is 8.78 Å². The third-order valence-electron chi connectivity index (χ3n) is 5.77. The number of rotatable bonds is 3. The maximum Gasteiger partial charge on any atom is 0.256 e. The maximum absolute atomic E-state index is 14.0. The lowest BCUT2D eigenvalue weighted by atomic mass is 10.00. The van der Waals surface area contributed by atoms with Crippen LogP contribution in [0.25, 0.3) is 0 Å². The number of piperidine rings is 1. The van der Waals surface area contributed by atoms with E-state index in [9.17, 15) is 22.0 Å². The van der Waals surface area contributed by atoms with Gasteiger partial charge in [-0.05, 0) is 42.8 Å². The normalized spacial score (nSPS) is 19.4. The van der Waals surface area contributed by atoms with Crippen molar-refractivity contribution in [3.63, 3.8) is 0 Å². The highest BCUT2D eigenvalue weighted by Crippen LogP contribution is 2.38. The van der Waals surface area contributed by atoms with Gasteiger partial charge in [0, 0.05) is 32.5 Å². The van der Waals surface area contributed by atoms with Gasteiger partial charge in [0.05, 0.1) is 17.1 Å². The van der Waals surface area contributed by atoms with Crippen LogP contribution in [-0.2, 0) is 14.8 Å². The van der Waals surface area contributed by atoms with Crippen molar-refractivity contribution in [1.82, 2.24) is 9.21 Å². The zero-order chi connectivity index (χ0) is 21.5. The van der Waals surface area contributed by atoms with Gasteiger partial charge in [0.2, 0.25) is 10.0 Å². The summed E-state index contributed by atoms with van der Waals surface area (Å²) in [7, 11) is -3.90. The number of carbonyl (C=O) groups excluding carboxylic acids is 1. The van der Waals surface area contributed by atoms with E-state index >= 15 is 0 Å². The van der Waals surface area contributed by atoms with Gasteiger partial charge in [-0.25, -0.2) is 17.2 Å². The largest absolute Gasteiger partial charge is 0.358 e. The molecule has 2 aromatic rings. The van der Waals surface area contributed by atoms with Crippen molar-refractivity contribution in [3.8, 4) is 0 Å². The fourth-order valence-corrected chi connectivity index (χ4v) is 5.90. The van der Waals surface area contributed by atoms with Crippen LogP contribution in [0, 0.1) is 18.6 Å². The second-order valence-electron chi connectivity index (χ2n) is 7.55. The van der Waals surface area contributed by atoms with E-state index in [1.807, 2.05) is 0 Å². The fourth-order valence-electron chi connectivity index (χ4n) is 4.10. The van der Waals surface area contributed by atoms with Crippen molar-refractivity contribution in [1.29, 1.82) is 0 Å². The summed E-state index contributed by atoms with van der Waals surface area (Å²) in [5, 5.41) is 0. The molecule has 2 aromatic carbocycles. The Morgan fingerprint density at radius 2 is 1.73 bits per heavy atom. The zero-order valence-corrected chi connectivity index (χ0v) is 17.3. The molecule has 0 bridgehead atoms. The molecule has 0 aromatic heterocycles. The smallest absolute Gasteiger partial charge is 0.256 e. The average Bonchev–Trinajstić information content (AvgIpc) is 3.14. The number of nitrogens with zero attached hydrogens (tertiary/aromatic N) is 2. The summed E-state index contributed by atoms with van der Waals surface area (Å²) in [6, 6.07) is 9.49. The first-order valence-corrected chi connectivity index (χ1v) is 11.2. The van der Waals surface area contributed by atoms with Gasteiger partial charge in [0.1, 0.15) is 17.4 Å². The maximum atomic E-state index is 14.0. The first-order chi connectivity index (χ1) is 14.2. The number of carbonyl (C=O) groups is 1. The van der Waals surface area contributed by atoms with Crippen LogP contribution in [-0.4, -0.2) is 55.5 Å². The van der Waals surface area contributed by atoms with E-state index in [-0.39, 0.29) is 55.1 Å². The highest BCUT2D eigenvalue weighted by Gasteiger charge is 2.51. The Bertz CT molecular complexity index is 1080.